The van der Waals surface area contributed by atoms with E-state index in [0.29, 0.717) is 24.8 Å². The molecule has 4 heterocycles. The zero-order chi connectivity index (χ0) is 28.0. The van der Waals surface area contributed by atoms with Crippen LogP contribution in [0, 0.1) is 11.8 Å². The number of aromatic nitrogens is 3. The summed E-state index contributed by atoms with van der Waals surface area (Å²) in [5.74, 6) is -4.05. The number of carbonyl (C=O) groups is 3. The minimum Gasteiger partial charge on any atom is -0.481 e. The third-order valence-electron chi connectivity index (χ3n) is 8.56. The smallest absolute Gasteiger partial charge is 0.310 e. The van der Waals surface area contributed by atoms with Crippen molar-refractivity contribution in [3.05, 3.63) is 72.8 Å². The second kappa shape index (κ2) is 10.1. The lowest BCUT2D eigenvalue weighted by Gasteiger charge is -2.39. The van der Waals surface area contributed by atoms with Crippen LogP contribution in [0.25, 0.3) is 11.0 Å². The van der Waals surface area contributed by atoms with Gasteiger partial charge in [-0.05, 0) is 37.0 Å². The zero-order valence-corrected chi connectivity index (χ0v) is 21.9. The lowest BCUT2D eigenvalue weighted by atomic mass is 9.70. The number of hydrogen-bond acceptors (Lipinski definition) is 7. The number of carboxylic acids is 1. The van der Waals surface area contributed by atoms with Gasteiger partial charge < -0.3 is 24.7 Å². The Morgan fingerprint density at radius 3 is 2.67 bits per heavy atom. The fraction of sp³-hybridized carbons (Fsp3) is 0.414. The number of benzene rings is 2. The van der Waals surface area contributed by atoms with Gasteiger partial charge in [-0.2, -0.15) is 0 Å². The maximum absolute atomic E-state index is 14.5. The number of aliphatic hydroxyl groups is 1. The number of amides is 2. The Morgan fingerprint density at radius 2 is 1.95 bits per heavy atom. The van der Waals surface area contributed by atoms with Crippen molar-refractivity contribution < 1.29 is 29.3 Å². The summed E-state index contributed by atoms with van der Waals surface area (Å²) in [6, 6.07) is 14.9. The van der Waals surface area contributed by atoms with Crippen molar-refractivity contribution in [2.45, 2.75) is 49.7 Å². The SMILES string of the molecule is C=CCN(Cn1nnc2ccccc21)C(=O)C1N([C@@H](CO)Cc2ccccc2)C(=O)[C@@H]2[C@H](C(=O)O)[C@@H]3CCC12O3. The van der Waals surface area contributed by atoms with Crippen molar-refractivity contribution in [3.63, 3.8) is 0 Å². The molecule has 1 spiro atoms. The molecule has 2 bridgehead atoms. The van der Waals surface area contributed by atoms with E-state index >= 15 is 0 Å². The van der Waals surface area contributed by atoms with Crippen LogP contribution in [-0.4, -0.2) is 89.7 Å². The van der Waals surface area contributed by atoms with E-state index in [9.17, 15) is 24.6 Å². The van der Waals surface area contributed by atoms with Gasteiger partial charge in [-0.15, -0.1) is 11.7 Å². The number of rotatable bonds is 10. The highest BCUT2D eigenvalue weighted by Gasteiger charge is 2.75. The third kappa shape index (κ3) is 3.99. The third-order valence-corrected chi connectivity index (χ3v) is 8.56. The predicted octanol–water partition coefficient (Wildman–Crippen LogP) is 1.47. The molecule has 40 heavy (non-hydrogen) atoms. The largest absolute Gasteiger partial charge is 0.481 e. The molecular weight excluding hydrogens is 514 g/mol. The summed E-state index contributed by atoms with van der Waals surface area (Å²) in [4.78, 5) is 43.9. The van der Waals surface area contributed by atoms with Crippen LogP contribution < -0.4 is 0 Å². The summed E-state index contributed by atoms with van der Waals surface area (Å²) in [5.41, 5.74) is 0.999. The van der Waals surface area contributed by atoms with Gasteiger partial charge >= 0.3 is 5.97 Å². The Balaban J connectivity index is 1.41. The summed E-state index contributed by atoms with van der Waals surface area (Å²) < 4.78 is 7.94. The minimum absolute atomic E-state index is 0.0406. The topological polar surface area (TPSA) is 138 Å². The minimum atomic E-state index is -1.30. The number of nitrogens with zero attached hydrogens (tertiary/aromatic N) is 5. The van der Waals surface area contributed by atoms with Gasteiger partial charge in [0, 0.05) is 6.54 Å². The molecule has 3 aromatic rings. The van der Waals surface area contributed by atoms with Gasteiger partial charge in [-0.25, -0.2) is 4.68 Å². The molecule has 2 unspecified atom stereocenters. The van der Waals surface area contributed by atoms with Crippen LogP contribution in [0.5, 0.6) is 0 Å². The van der Waals surface area contributed by atoms with E-state index < -0.39 is 60.0 Å². The molecule has 2 N–H and O–H groups in total. The van der Waals surface area contributed by atoms with Crippen LogP contribution in [0.3, 0.4) is 0 Å². The molecule has 6 atom stereocenters. The Labute approximate surface area is 230 Å². The van der Waals surface area contributed by atoms with Gasteiger partial charge in [-0.3, -0.25) is 14.4 Å². The normalized spacial score (nSPS) is 27.6. The summed E-state index contributed by atoms with van der Waals surface area (Å²) >= 11 is 0. The number of para-hydroxylation sites is 1. The Hall–Kier alpha value is -4.09. The van der Waals surface area contributed by atoms with Gasteiger partial charge in [0.2, 0.25) is 11.8 Å². The first kappa shape index (κ1) is 26.1. The van der Waals surface area contributed by atoms with E-state index in [1.165, 1.54) is 9.80 Å². The second-order valence-corrected chi connectivity index (χ2v) is 10.7. The second-order valence-electron chi connectivity index (χ2n) is 10.7. The summed E-state index contributed by atoms with van der Waals surface area (Å²) in [5, 5.41) is 29.0. The first-order valence-electron chi connectivity index (χ1n) is 13.4. The first-order chi connectivity index (χ1) is 19.4. The number of aliphatic hydroxyl groups excluding tert-OH is 1. The van der Waals surface area contributed by atoms with Crippen molar-refractivity contribution in [3.8, 4) is 0 Å². The van der Waals surface area contributed by atoms with Crippen LogP contribution >= 0.6 is 0 Å². The molecule has 0 saturated carbocycles. The van der Waals surface area contributed by atoms with Crippen LogP contribution in [-0.2, 0) is 32.2 Å². The number of ether oxygens (including phenoxy) is 1. The van der Waals surface area contributed by atoms with E-state index in [4.69, 9.17) is 4.74 Å². The number of carboxylic acid groups (broad SMARTS) is 1. The van der Waals surface area contributed by atoms with E-state index in [-0.39, 0.29) is 13.2 Å². The van der Waals surface area contributed by atoms with E-state index in [2.05, 4.69) is 16.9 Å². The molecule has 0 radical (unpaired) electrons. The molecule has 0 aliphatic carbocycles. The van der Waals surface area contributed by atoms with Crippen molar-refractivity contribution in [2.75, 3.05) is 13.2 Å². The number of fused-ring (bicyclic) bond motifs is 2. The number of likely N-dealkylation sites (tertiary alicyclic amines) is 1. The molecule has 3 saturated heterocycles. The Bertz CT molecular complexity index is 1460. The van der Waals surface area contributed by atoms with E-state index in [1.807, 2.05) is 54.6 Å². The standard InChI is InChI=1S/C29H31N5O6/c1-2-14-32(17-33-21-11-7-6-10-20(21)30-31-33)27(37)25-29-13-12-22(40-29)23(28(38)39)24(29)26(36)34(25)19(16-35)15-18-8-4-3-5-9-18/h2-11,19,22-25,35H,1,12-17H2,(H,38,39)/t19-,22+,23-,24+,25?,29?/m1/s1. The Kier molecular flexibility index (Phi) is 6.63. The molecule has 3 aliphatic rings. The van der Waals surface area contributed by atoms with Gasteiger partial charge in [-0.1, -0.05) is 53.8 Å². The van der Waals surface area contributed by atoms with Gasteiger partial charge in [0.25, 0.3) is 0 Å². The summed E-state index contributed by atoms with van der Waals surface area (Å²) in [7, 11) is 0. The fourth-order valence-corrected chi connectivity index (χ4v) is 6.91. The zero-order valence-electron chi connectivity index (χ0n) is 21.9. The lowest BCUT2D eigenvalue weighted by Crippen LogP contribution is -2.59. The monoisotopic (exact) mass is 545 g/mol. The van der Waals surface area contributed by atoms with Crippen LogP contribution in [0.15, 0.2) is 67.3 Å². The maximum atomic E-state index is 14.5. The quantitative estimate of drug-likeness (QED) is 0.365. The van der Waals surface area contributed by atoms with Crippen LogP contribution in [0.4, 0.5) is 0 Å². The fourth-order valence-electron chi connectivity index (χ4n) is 6.91. The highest BCUT2D eigenvalue weighted by Crippen LogP contribution is 2.59. The highest BCUT2D eigenvalue weighted by molar-refractivity contribution is 5.98. The molecular formula is C29H31N5O6. The van der Waals surface area contributed by atoms with E-state index in [1.54, 1.807) is 10.8 Å². The molecule has 3 fully saturated rings. The van der Waals surface area contributed by atoms with Crippen molar-refractivity contribution in [1.29, 1.82) is 0 Å². The summed E-state index contributed by atoms with van der Waals surface area (Å²) in [6.07, 6.45) is 2.07. The average Bonchev–Trinajstić information content (AvgIpc) is 3.71. The molecule has 3 aliphatic heterocycles. The summed E-state index contributed by atoms with van der Waals surface area (Å²) in [6.45, 7) is 3.62. The molecule has 11 nitrogen and oxygen atoms in total. The number of aliphatic carboxylic acids is 1. The van der Waals surface area contributed by atoms with Gasteiger partial charge in [0.15, 0.2) is 0 Å². The van der Waals surface area contributed by atoms with Gasteiger partial charge in [0.1, 0.15) is 23.8 Å². The number of hydrogen-bond donors (Lipinski definition) is 2. The molecule has 208 valence electrons. The van der Waals surface area contributed by atoms with E-state index in [0.717, 1.165) is 11.1 Å². The molecule has 2 amide bonds. The van der Waals surface area contributed by atoms with Gasteiger partial charge in [0.05, 0.1) is 36.1 Å². The first-order valence-corrected chi connectivity index (χ1v) is 13.4. The molecule has 2 aromatic carbocycles. The molecule has 11 heteroatoms. The highest BCUT2D eigenvalue weighted by atomic mass is 16.5. The molecule has 6 rings (SSSR count). The van der Waals surface area contributed by atoms with Crippen molar-refractivity contribution in [2.24, 2.45) is 11.8 Å². The average molecular weight is 546 g/mol. The maximum Gasteiger partial charge on any atom is 0.310 e. The Morgan fingerprint density at radius 1 is 1.20 bits per heavy atom. The molecule has 1 aromatic heterocycles. The van der Waals surface area contributed by atoms with Crippen LogP contribution in [0.2, 0.25) is 0 Å². The van der Waals surface area contributed by atoms with Crippen molar-refractivity contribution in [1.82, 2.24) is 24.8 Å². The predicted molar refractivity (Wildman–Crippen MR) is 143 cm³/mol. The van der Waals surface area contributed by atoms with Crippen molar-refractivity contribution >= 4 is 28.8 Å². The van der Waals surface area contributed by atoms with Crippen LogP contribution in [0.1, 0.15) is 18.4 Å². The lowest BCUT2D eigenvalue weighted by molar-refractivity contribution is -0.154. The number of carbonyl (C=O) groups excluding carboxylic acids is 2.